The smallest absolute Gasteiger partial charge is 0.262 e. The first-order chi connectivity index (χ1) is 15.4. The molecule has 1 heterocycles. The lowest BCUT2D eigenvalue weighted by atomic mass is 10.1. The molecule has 164 valence electrons. The molecule has 1 aliphatic heterocycles. The first-order valence-electron chi connectivity index (χ1n) is 10.3. The summed E-state index contributed by atoms with van der Waals surface area (Å²) in [4.78, 5) is 26.9. The van der Waals surface area contributed by atoms with E-state index in [9.17, 15) is 9.59 Å². The minimum Gasteiger partial charge on any atom is -0.494 e. The molecule has 0 atom stereocenters. The van der Waals surface area contributed by atoms with Gasteiger partial charge in [0.1, 0.15) is 17.2 Å². The average Bonchev–Trinajstić information content (AvgIpc) is 2.89. The molecule has 1 aliphatic rings. The molecule has 7 nitrogen and oxygen atoms in total. The number of nitrogens with zero attached hydrogens (tertiary/aromatic N) is 1. The van der Waals surface area contributed by atoms with Crippen LogP contribution in [0.3, 0.4) is 0 Å². The summed E-state index contributed by atoms with van der Waals surface area (Å²) in [6.45, 7) is 4.28. The Hall–Kier alpha value is -4.00. The van der Waals surface area contributed by atoms with Crippen molar-refractivity contribution in [3.63, 3.8) is 0 Å². The molecular weight excluding hydrogens is 408 g/mol. The van der Waals surface area contributed by atoms with Crippen molar-refractivity contribution in [2.45, 2.75) is 13.8 Å². The van der Waals surface area contributed by atoms with Gasteiger partial charge in [0.2, 0.25) is 0 Å². The molecule has 0 saturated carbocycles. The van der Waals surface area contributed by atoms with Crippen LogP contribution in [0.2, 0.25) is 0 Å². The predicted molar refractivity (Wildman–Crippen MR) is 122 cm³/mol. The van der Waals surface area contributed by atoms with Gasteiger partial charge in [0.05, 0.1) is 17.9 Å². The summed E-state index contributed by atoms with van der Waals surface area (Å²) in [5.41, 5.74) is 2.57. The van der Waals surface area contributed by atoms with Gasteiger partial charge in [0, 0.05) is 12.7 Å². The van der Waals surface area contributed by atoms with Crippen LogP contribution in [0.1, 0.15) is 22.8 Å². The highest BCUT2D eigenvalue weighted by Crippen LogP contribution is 2.39. The van der Waals surface area contributed by atoms with E-state index in [4.69, 9.17) is 14.2 Å². The Bertz CT molecular complexity index is 1160. The Balaban J connectivity index is 1.44. The first kappa shape index (κ1) is 21.2. The van der Waals surface area contributed by atoms with E-state index >= 15 is 0 Å². The number of rotatable bonds is 6. The van der Waals surface area contributed by atoms with Crippen LogP contribution >= 0.6 is 0 Å². The molecule has 0 bridgehead atoms. The van der Waals surface area contributed by atoms with Crippen LogP contribution in [0.15, 0.2) is 60.7 Å². The van der Waals surface area contributed by atoms with Crippen molar-refractivity contribution >= 4 is 23.2 Å². The molecule has 3 aromatic carbocycles. The number of ether oxygens (including phenoxy) is 3. The van der Waals surface area contributed by atoms with E-state index in [-0.39, 0.29) is 18.4 Å². The summed E-state index contributed by atoms with van der Waals surface area (Å²) in [6.07, 6.45) is 0. The Morgan fingerprint density at radius 2 is 1.66 bits per heavy atom. The van der Waals surface area contributed by atoms with Crippen molar-refractivity contribution in [2.75, 3.05) is 30.5 Å². The number of anilines is 2. The van der Waals surface area contributed by atoms with Crippen molar-refractivity contribution in [3.8, 4) is 23.0 Å². The third-order valence-corrected chi connectivity index (χ3v) is 5.00. The third-order valence-electron chi connectivity index (χ3n) is 5.00. The van der Waals surface area contributed by atoms with Gasteiger partial charge >= 0.3 is 0 Å². The number of hydrogen-bond acceptors (Lipinski definition) is 5. The van der Waals surface area contributed by atoms with Gasteiger partial charge in [-0.2, -0.15) is 0 Å². The maximum Gasteiger partial charge on any atom is 0.262 e. The third kappa shape index (κ3) is 4.51. The molecule has 0 unspecified atom stereocenters. The molecule has 2 amide bonds. The lowest BCUT2D eigenvalue weighted by Gasteiger charge is -2.16. The first-order valence-corrected chi connectivity index (χ1v) is 10.3. The van der Waals surface area contributed by atoms with Crippen LogP contribution in [-0.4, -0.2) is 32.1 Å². The van der Waals surface area contributed by atoms with Gasteiger partial charge in [-0.15, -0.1) is 0 Å². The summed E-state index contributed by atoms with van der Waals surface area (Å²) in [6, 6.07) is 17.7. The molecule has 0 saturated heterocycles. The van der Waals surface area contributed by atoms with Gasteiger partial charge in [-0.3, -0.25) is 9.59 Å². The highest BCUT2D eigenvalue weighted by molar-refractivity contribution is 6.10. The highest BCUT2D eigenvalue weighted by atomic mass is 16.5. The highest BCUT2D eigenvalue weighted by Gasteiger charge is 2.26. The molecule has 0 radical (unpaired) electrons. The summed E-state index contributed by atoms with van der Waals surface area (Å²) < 4.78 is 16.9. The Kier molecular flexibility index (Phi) is 5.98. The predicted octanol–water partition coefficient (Wildman–Crippen LogP) is 4.79. The van der Waals surface area contributed by atoms with Crippen molar-refractivity contribution in [1.82, 2.24) is 0 Å². The second-order valence-electron chi connectivity index (χ2n) is 7.39. The molecule has 3 aromatic rings. The molecule has 0 spiro atoms. The summed E-state index contributed by atoms with van der Waals surface area (Å²) in [5.74, 6) is 1.78. The second-order valence-corrected chi connectivity index (χ2v) is 7.39. The van der Waals surface area contributed by atoms with Crippen LogP contribution in [0.4, 0.5) is 11.4 Å². The topological polar surface area (TPSA) is 77.1 Å². The van der Waals surface area contributed by atoms with E-state index in [0.29, 0.717) is 40.8 Å². The van der Waals surface area contributed by atoms with E-state index in [1.807, 2.05) is 32.0 Å². The monoisotopic (exact) mass is 432 g/mol. The number of benzene rings is 3. The SMILES string of the molecule is CCOc1ccc(OCC(=O)Nc2ccc3c(c2)C(=O)N(C)c2cc(C)ccc2O3)cc1. The molecule has 4 rings (SSSR count). The Labute approximate surface area is 186 Å². The van der Waals surface area contributed by atoms with Gasteiger partial charge in [-0.25, -0.2) is 0 Å². The number of amides is 2. The van der Waals surface area contributed by atoms with Crippen molar-refractivity contribution in [2.24, 2.45) is 0 Å². The molecular formula is C25H24N2O5. The number of carbonyl (C=O) groups is 2. The zero-order chi connectivity index (χ0) is 22.7. The van der Waals surface area contributed by atoms with E-state index in [1.54, 1.807) is 54.4 Å². The fourth-order valence-electron chi connectivity index (χ4n) is 3.39. The van der Waals surface area contributed by atoms with Gasteiger partial charge in [0.25, 0.3) is 11.8 Å². The van der Waals surface area contributed by atoms with Crippen LogP contribution < -0.4 is 24.4 Å². The maximum absolute atomic E-state index is 13.0. The molecule has 1 N–H and O–H groups in total. The number of hydrogen-bond donors (Lipinski definition) is 1. The molecule has 32 heavy (non-hydrogen) atoms. The standard InChI is InChI=1S/C25H24N2O5/c1-4-30-18-7-9-19(10-8-18)31-15-24(28)26-17-6-12-22-20(14-17)25(29)27(3)21-13-16(2)5-11-23(21)32-22/h5-14H,4,15H2,1-3H3,(H,26,28). The van der Waals surface area contributed by atoms with E-state index < -0.39 is 0 Å². The zero-order valence-corrected chi connectivity index (χ0v) is 18.2. The molecule has 7 heteroatoms. The fourth-order valence-corrected chi connectivity index (χ4v) is 3.39. The van der Waals surface area contributed by atoms with E-state index in [1.165, 1.54) is 0 Å². The van der Waals surface area contributed by atoms with Crippen LogP contribution in [0.5, 0.6) is 23.0 Å². The van der Waals surface area contributed by atoms with Crippen LogP contribution in [0.25, 0.3) is 0 Å². The number of nitrogens with one attached hydrogen (secondary N) is 1. The fraction of sp³-hybridized carbons (Fsp3) is 0.200. The average molecular weight is 432 g/mol. The normalized spacial score (nSPS) is 12.2. The Morgan fingerprint density at radius 1 is 0.969 bits per heavy atom. The lowest BCUT2D eigenvalue weighted by molar-refractivity contribution is -0.118. The minimum absolute atomic E-state index is 0.167. The quantitative estimate of drug-likeness (QED) is 0.606. The van der Waals surface area contributed by atoms with Crippen molar-refractivity contribution < 1.29 is 23.8 Å². The number of aryl methyl sites for hydroxylation is 1. The van der Waals surface area contributed by atoms with Crippen molar-refractivity contribution in [3.05, 3.63) is 71.8 Å². The number of fused-ring (bicyclic) bond motifs is 2. The van der Waals surface area contributed by atoms with Crippen LogP contribution in [0, 0.1) is 6.92 Å². The number of carbonyl (C=O) groups excluding carboxylic acids is 2. The summed E-state index contributed by atoms with van der Waals surface area (Å²) >= 11 is 0. The van der Waals surface area contributed by atoms with Crippen molar-refractivity contribution in [1.29, 1.82) is 0 Å². The summed E-state index contributed by atoms with van der Waals surface area (Å²) in [7, 11) is 1.70. The van der Waals surface area contributed by atoms with Gasteiger partial charge < -0.3 is 24.4 Å². The van der Waals surface area contributed by atoms with Gasteiger partial charge in [0.15, 0.2) is 12.4 Å². The maximum atomic E-state index is 13.0. The zero-order valence-electron chi connectivity index (χ0n) is 18.2. The molecule has 0 aromatic heterocycles. The van der Waals surface area contributed by atoms with Crippen LogP contribution in [-0.2, 0) is 4.79 Å². The largest absolute Gasteiger partial charge is 0.494 e. The summed E-state index contributed by atoms with van der Waals surface area (Å²) in [5, 5.41) is 2.77. The van der Waals surface area contributed by atoms with Gasteiger partial charge in [-0.1, -0.05) is 6.07 Å². The second kappa shape index (κ2) is 9.01. The van der Waals surface area contributed by atoms with E-state index in [2.05, 4.69) is 5.32 Å². The molecule has 0 aliphatic carbocycles. The molecule has 0 fully saturated rings. The minimum atomic E-state index is -0.340. The van der Waals surface area contributed by atoms with E-state index in [0.717, 1.165) is 11.3 Å². The Morgan fingerprint density at radius 3 is 2.38 bits per heavy atom. The van der Waals surface area contributed by atoms with Gasteiger partial charge in [-0.05, 0) is 74.0 Å². The lowest BCUT2D eigenvalue weighted by Crippen LogP contribution is -2.25.